The van der Waals surface area contributed by atoms with Gasteiger partial charge in [0.2, 0.25) is 5.91 Å². The lowest BCUT2D eigenvalue weighted by molar-refractivity contribution is -0.118. The molecule has 0 N–H and O–H groups in total. The number of carbonyl (C=O) groups excluding carboxylic acids is 2. The van der Waals surface area contributed by atoms with Gasteiger partial charge in [0, 0.05) is 18.4 Å². The fourth-order valence-electron chi connectivity index (χ4n) is 3.36. The van der Waals surface area contributed by atoms with Crippen LogP contribution in [0.4, 0.5) is 5.69 Å². The van der Waals surface area contributed by atoms with E-state index in [9.17, 15) is 9.59 Å². The minimum Gasteiger partial charge on any atom is -0.307 e. The first kappa shape index (κ1) is 16.3. The largest absolute Gasteiger partial charge is 0.307 e. The predicted octanol–water partition coefficient (Wildman–Crippen LogP) is 4.86. The Morgan fingerprint density at radius 1 is 0.692 bits per heavy atom. The maximum Gasteiger partial charge on any atom is 0.227 e. The first-order valence-corrected chi connectivity index (χ1v) is 8.79. The van der Waals surface area contributed by atoms with Gasteiger partial charge in [0.25, 0.3) is 0 Å². The average molecular weight is 341 g/mol. The van der Waals surface area contributed by atoms with Gasteiger partial charge in [-0.15, -0.1) is 0 Å². The van der Waals surface area contributed by atoms with Crippen LogP contribution < -0.4 is 4.90 Å². The Bertz CT molecular complexity index is 945. The number of para-hydroxylation sites is 1. The van der Waals surface area contributed by atoms with E-state index in [1.165, 1.54) is 5.56 Å². The van der Waals surface area contributed by atoms with Crippen LogP contribution in [0.1, 0.15) is 28.8 Å². The third-order valence-electron chi connectivity index (χ3n) is 4.76. The van der Waals surface area contributed by atoms with Crippen LogP contribution in [0.2, 0.25) is 0 Å². The van der Waals surface area contributed by atoms with Crippen molar-refractivity contribution in [3.63, 3.8) is 0 Å². The number of benzene rings is 3. The molecule has 0 bridgehead atoms. The Hall–Kier alpha value is -3.20. The minimum absolute atomic E-state index is 0.00423. The quantitative estimate of drug-likeness (QED) is 0.682. The van der Waals surface area contributed by atoms with E-state index in [0.717, 1.165) is 11.1 Å². The van der Waals surface area contributed by atoms with Gasteiger partial charge >= 0.3 is 0 Å². The van der Waals surface area contributed by atoms with Gasteiger partial charge in [0.1, 0.15) is 0 Å². The SMILES string of the molecule is O=C1CCC(=O)N(Cc2ccc(-c3ccccc3)cc2)c2ccccc21. The van der Waals surface area contributed by atoms with Gasteiger partial charge in [-0.3, -0.25) is 9.59 Å². The van der Waals surface area contributed by atoms with Crippen molar-refractivity contribution in [2.24, 2.45) is 0 Å². The van der Waals surface area contributed by atoms with Crippen molar-refractivity contribution in [3.8, 4) is 11.1 Å². The molecular formula is C23H19NO2. The molecule has 0 aliphatic carbocycles. The summed E-state index contributed by atoms with van der Waals surface area (Å²) < 4.78 is 0. The molecule has 26 heavy (non-hydrogen) atoms. The number of ketones is 1. The molecule has 3 nitrogen and oxygen atoms in total. The molecule has 0 atom stereocenters. The molecule has 1 aliphatic heterocycles. The number of amides is 1. The van der Waals surface area contributed by atoms with Crippen LogP contribution in [0.25, 0.3) is 11.1 Å². The third kappa shape index (κ3) is 3.16. The Balaban J connectivity index is 1.63. The molecular weight excluding hydrogens is 322 g/mol. The van der Waals surface area contributed by atoms with Crippen molar-refractivity contribution in [1.29, 1.82) is 0 Å². The van der Waals surface area contributed by atoms with Crippen molar-refractivity contribution in [1.82, 2.24) is 0 Å². The van der Waals surface area contributed by atoms with Crippen LogP contribution in [0.3, 0.4) is 0 Å². The summed E-state index contributed by atoms with van der Waals surface area (Å²) in [6, 6.07) is 25.8. The topological polar surface area (TPSA) is 37.4 Å². The molecule has 1 aliphatic rings. The maximum absolute atomic E-state index is 12.6. The Kier molecular flexibility index (Phi) is 4.36. The van der Waals surface area contributed by atoms with E-state index in [2.05, 4.69) is 24.3 Å². The molecule has 0 aromatic heterocycles. The zero-order chi connectivity index (χ0) is 17.9. The summed E-state index contributed by atoms with van der Waals surface area (Å²) in [5, 5.41) is 0. The summed E-state index contributed by atoms with van der Waals surface area (Å²) >= 11 is 0. The normalized spacial score (nSPS) is 14.1. The summed E-state index contributed by atoms with van der Waals surface area (Å²) in [4.78, 5) is 26.6. The zero-order valence-electron chi connectivity index (χ0n) is 14.4. The summed E-state index contributed by atoms with van der Waals surface area (Å²) in [5.74, 6) is 0.0336. The molecule has 0 saturated carbocycles. The number of fused-ring (bicyclic) bond motifs is 1. The van der Waals surface area contributed by atoms with E-state index < -0.39 is 0 Å². The summed E-state index contributed by atoms with van der Waals surface area (Å²) in [6.07, 6.45) is 0.537. The third-order valence-corrected chi connectivity index (χ3v) is 4.76. The van der Waals surface area contributed by atoms with E-state index in [4.69, 9.17) is 0 Å². The van der Waals surface area contributed by atoms with E-state index in [1.54, 1.807) is 4.90 Å². The molecule has 1 amide bonds. The lowest BCUT2D eigenvalue weighted by Gasteiger charge is -2.23. The molecule has 128 valence electrons. The van der Waals surface area contributed by atoms with Crippen molar-refractivity contribution >= 4 is 17.4 Å². The number of rotatable bonds is 3. The van der Waals surface area contributed by atoms with Crippen LogP contribution in [0.15, 0.2) is 78.9 Å². The molecule has 0 unspecified atom stereocenters. The van der Waals surface area contributed by atoms with Crippen molar-refractivity contribution in [2.45, 2.75) is 19.4 Å². The highest BCUT2D eigenvalue weighted by Gasteiger charge is 2.26. The molecule has 3 heteroatoms. The van der Waals surface area contributed by atoms with Gasteiger partial charge in [-0.1, -0.05) is 66.7 Å². The highest BCUT2D eigenvalue weighted by molar-refractivity contribution is 6.09. The van der Waals surface area contributed by atoms with Crippen molar-refractivity contribution < 1.29 is 9.59 Å². The first-order valence-electron chi connectivity index (χ1n) is 8.79. The van der Waals surface area contributed by atoms with Crippen LogP contribution in [0.5, 0.6) is 0 Å². The molecule has 0 radical (unpaired) electrons. The second-order valence-electron chi connectivity index (χ2n) is 6.48. The summed E-state index contributed by atoms with van der Waals surface area (Å²) in [5.41, 5.74) is 4.71. The molecule has 0 saturated heterocycles. The number of hydrogen-bond acceptors (Lipinski definition) is 2. The fraction of sp³-hybridized carbons (Fsp3) is 0.130. The lowest BCUT2D eigenvalue weighted by atomic mass is 10.0. The molecule has 3 aromatic carbocycles. The molecule has 0 fully saturated rings. The molecule has 4 rings (SSSR count). The second kappa shape index (κ2) is 6.96. The van der Waals surface area contributed by atoms with Crippen LogP contribution >= 0.6 is 0 Å². The predicted molar refractivity (Wildman–Crippen MR) is 103 cm³/mol. The molecule has 0 spiro atoms. The summed E-state index contributed by atoms with van der Waals surface area (Å²) in [6.45, 7) is 0.470. The fourth-order valence-corrected chi connectivity index (χ4v) is 3.36. The van der Waals surface area contributed by atoms with Gasteiger partial charge in [-0.05, 0) is 28.8 Å². The van der Waals surface area contributed by atoms with Gasteiger partial charge in [0.05, 0.1) is 12.2 Å². The van der Waals surface area contributed by atoms with Gasteiger partial charge in [-0.25, -0.2) is 0 Å². The Morgan fingerprint density at radius 2 is 1.35 bits per heavy atom. The smallest absolute Gasteiger partial charge is 0.227 e. The summed E-state index contributed by atoms with van der Waals surface area (Å²) in [7, 11) is 0. The number of carbonyl (C=O) groups is 2. The van der Waals surface area contributed by atoms with E-state index in [-0.39, 0.29) is 24.5 Å². The average Bonchev–Trinajstić information content (AvgIpc) is 2.82. The number of hydrogen-bond donors (Lipinski definition) is 0. The van der Waals surface area contributed by atoms with Crippen molar-refractivity contribution in [2.75, 3.05) is 4.90 Å². The highest BCUT2D eigenvalue weighted by atomic mass is 16.2. The Labute approximate surface area is 152 Å². The van der Waals surface area contributed by atoms with E-state index in [1.807, 2.05) is 54.6 Å². The lowest BCUT2D eigenvalue weighted by Crippen LogP contribution is -2.29. The number of anilines is 1. The van der Waals surface area contributed by atoms with Gasteiger partial charge in [-0.2, -0.15) is 0 Å². The zero-order valence-corrected chi connectivity index (χ0v) is 14.4. The highest BCUT2D eigenvalue weighted by Crippen LogP contribution is 2.29. The maximum atomic E-state index is 12.6. The molecule has 1 heterocycles. The standard InChI is InChI=1S/C23H19NO2/c25-22-14-15-23(26)24(21-9-5-4-8-20(21)22)16-17-10-12-19(13-11-17)18-6-2-1-3-7-18/h1-13H,14-16H2. The van der Waals surface area contributed by atoms with Crippen LogP contribution in [-0.2, 0) is 11.3 Å². The Morgan fingerprint density at radius 3 is 2.12 bits per heavy atom. The molecule has 3 aromatic rings. The van der Waals surface area contributed by atoms with E-state index >= 15 is 0 Å². The first-order chi connectivity index (χ1) is 12.7. The number of nitrogens with zero attached hydrogens (tertiary/aromatic N) is 1. The van der Waals surface area contributed by atoms with Crippen LogP contribution in [0, 0.1) is 0 Å². The van der Waals surface area contributed by atoms with E-state index in [0.29, 0.717) is 17.8 Å². The van der Waals surface area contributed by atoms with Crippen molar-refractivity contribution in [3.05, 3.63) is 90.0 Å². The number of Topliss-reactive ketones (excluding diaryl/α,β-unsaturated/α-hetero) is 1. The monoisotopic (exact) mass is 341 g/mol. The van der Waals surface area contributed by atoms with Gasteiger partial charge in [0.15, 0.2) is 5.78 Å². The minimum atomic E-state index is -0.00423. The second-order valence-corrected chi connectivity index (χ2v) is 6.48. The van der Waals surface area contributed by atoms with Gasteiger partial charge < -0.3 is 4.90 Å². The van der Waals surface area contributed by atoms with Crippen LogP contribution in [-0.4, -0.2) is 11.7 Å².